The monoisotopic (exact) mass is 336 g/mol. The molecule has 2 rings (SSSR count). The van der Waals surface area contributed by atoms with Gasteiger partial charge in [0, 0.05) is 16.6 Å². The van der Waals surface area contributed by atoms with Crippen LogP contribution >= 0.6 is 15.9 Å². The van der Waals surface area contributed by atoms with Gasteiger partial charge in [0.1, 0.15) is 0 Å². The highest BCUT2D eigenvalue weighted by atomic mass is 79.9. The second kappa shape index (κ2) is 6.36. The van der Waals surface area contributed by atoms with Crippen LogP contribution in [-0.2, 0) is 6.42 Å². The normalized spacial score (nSPS) is 18.0. The molecular weight excluding hydrogens is 320 g/mol. The van der Waals surface area contributed by atoms with Gasteiger partial charge in [-0.05, 0) is 24.8 Å². The maximum atomic E-state index is 10.8. The van der Waals surface area contributed by atoms with Crippen molar-refractivity contribution in [3.8, 4) is 6.07 Å². The van der Waals surface area contributed by atoms with Gasteiger partial charge in [0.05, 0.1) is 16.4 Å². The molecule has 20 heavy (non-hydrogen) atoms. The summed E-state index contributed by atoms with van der Waals surface area (Å²) in [6, 6.07) is 7.33. The Bertz CT molecular complexity index is 543. The summed E-state index contributed by atoms with van der Waals surface area (Å²) in [5.74, 6) is 0. The lowest BCUT2D eigenvalue weighted by Gasteiger charge is -2.25. The average molecular weight is 337 g/mol. The molecule has 1 saturated carbocycles. The predicted molar refractivity (Wildman–Crippen MR) is 80.2 cm³/mol. The van der Waals surface area contributed by atoms with E-state index < -0.39 is 4.92 Å². The predicted octanol–water partition coefficient (Wildman–Crippen LogP) is 4.76. The first-order chi connectivity index (χ1) is 9.56. The standard InChI is InChI=1S/C15H17BrN2O2/c16-14-9-13(18(19)20)6-5-12(14)10-15(11-17)7-3-1-2-4-8-15/h5-6,9H,1-4,7-8,10H2. The topological polar surface area (TPSA) is 66.9 Å². The van der Waals surface area contributed by atoms with Gasteiger partial charge in [0.15, 0.2) is 0 Å². The molecule has 1 aliphatic rings. The molecule has 0 aromatic heterocycles. The van der Waals surface area contributed by atoms with Crippen LogP contribution in [0.25, 0.3) is 0 Å². The highest BCUT2D eigenvalue weighted by Crippen LogP contribution is 2.39. The minimum absolute atomic E-state index is 0.0764. The van der Waals surface area contributed by atoms with E-state index in [1.165, 1.54) is 25.0 Å². The summed E-state index contributed by atoms with van der Waals surface area (Å²) >= 11 is 3.40. The van der Waals surface area contributed by atoms with E-state index in [-0.39, 0.29) is 11.1 Å². The molecule has 0 amide bonds. The van der Waals surface area contributed by atoms with Gasteiger partial charge in [0.25, 0.3) is 5.69 Å². The van der Waals surface area contributed by atoms with Crippen LogP contribution in [0.15, 0.2) is 22.7 Å². The Hall–Kier alpha value is -1.41. The molecule has 1 aliphatic carbocycles. The molecule has 0 aliphatic heterocycles. The van der Waals surface area contributed by atoms with Crippen molar-refractivity contribution < 1.29 is 4.92 Å². The maximum Gasteiger partial charge on any atom is 0.270 e. The smallest absolute Gasteiger partial charge is 0.258 e. The summed E-state index contributed by atoms with van der Waals surface area (Å²) in [6.45, 7) is 0. The Labute approximate surface area is 127 Å². The van der Waals surface area contributed by atoms with E-state index in [0.29, 0.717) is 6.42 Å². The van der Waals surface area contributed by atoms with Crippen molar-refractivity contribution in [1.29, 1.82) is 5.26 Å². The van der Waals surface area contributed by atoms with Gasteiger partial charge < -0.3 is 0 Å². The number of rotatable bonds is 3. The lowest BCUT2D eigenvalue weighted by Crippen LogP contribution is -2.21. The number of halogens is 1. The van der Waals surface area contributed by atoms with Gasteiger partial charge in [-0.3, -0.25) is 10.1 Å². The molecule has 0 atom stereocenters. The van der Waals surface area contributed by atoms with Gasteiger partial charge in [-0.25, -0.2) is 0 Å². The number of nitriles is 1. The van der Waals surface area contributed by atoms with Gasteiger partial charge in [-0.1, -0.05) is 47.7 Å². The third-order valence-corrected chi connectivity index (χ3v) is 4.81. The number of nitro groups is 1. The molecule has 0 radical (unpaired) electrons. The molecule has 1 aromatic rings. The summed E-state index contributed by atoms with van der Waals surface area (Å²) in [5, 5.41) is 20.3. The molecule has 0 bridgehead atoms. The molecule has 4 nitrogen and oxygen atoms in total. The van der Waals surface area contributed by atoms with Crippen molar-refractivity contribution in [1.82, 2.24) is 0 Å². The molecule has 0 saturated heterocycles. The van der Waals surface area contributed by atoms with Gasteiger partial charge in [-0.2, -0.15) is 5.26 Å². The Kier molecular flexibility index (Phi) is 4.77. The van der Waals surface area contributed by atoms with Crippen LogP contribution in [0.4, 0.5) is 5.69 Å². The van der Waals surface area contributed by atoms with Crippen LogP contribution in [0, 0.1) is 26.9 Å². The number of hydrogen-bond donors (Lipinski definition) is 0. The van der Waals surface area contributed by atoms with Crippen LogP contribution in [0.1, 0.15) is 44.1 Å². The van der Waals surface area contributed by atoms with Gasteiger partial charge in [0.2, 0.25) is 0 Å². The second-order valence-electron chi connectivity index (χ2n) is 5.52. The fourth-order valence-electron chi connectivity index (χ4n) is 2.89. The summed E-state index contributed by atoms with van der Waals surface area (Å²) in [5.41, 5.74) is 0.751. The molecule has 1 aromatic carbocycles. The van der Waals surface area contributed by atoms with Crippen molar-refractivity contribution in [2.45, 2.75) is 44.9 Å². The van der Waals surface area contributed by atoms with Crippen molar-refractivity contribution in [3.63, 3.8) is 0 Å². The van der Waals surface area contributed by atoms with Crippen LogP contribution in [0.3, 0.4) is 0 Å². The number of nitro benzene ring substituents is 1. The molecule has 106 valence electrons. The SMILES string of the molecule is N#CC1(Cc2ccc([N+](=O)[O-])cc2Br)CCCCCC1. The Morgan fingerprint density at radius 1 is 1.30 bits per heavy atom. The molecule has 1 fully saturated rings. The Morgan fingerprint density at radius 3 is 2.45 bits per heavy atom. The summed E-state index contributed by atoms with van der Waals surface area (Å²) in [6.07, 6.45) is 7.11. The number of non-ortho nitro benzene ring substituents is 1. The first kappa shape index (κ1) is 15.0. The molecule has 5 heteroatoms. The number of benzene rings is 1. The van der Waals surface area contributed by atoms with Crippen LogP contribution in [-0.4, -0.2) is 4.92 Å². The minimum atomic E-state index is -0.403. The fraction of sp³-hybridized carbons (Fsp3) is 0.533. The second-order valence-corrected chi connectivity index (χ2v) is 6.37. The maximum absolute atomic E-state index is 10.8. The van der Waals surface area contributed by atoms with Crippen molar-refractivity contribution >= 4 is 21.6 Å². The number of nitrogens with zero attached hydrogens (tertiary/aromatic N) is 2. The van der Waals surface area contributed by atoms with E-state index in [1.54, 1.807) is 6.07 Å². The van der Waals surface area contributed by atoms with Crippen LogP contribution in [0.2, 0.25) is 0 Å². The Morgan fingerprint density at radius 2 is 1.95 bits per heavy atom. The van der Waals surface area contributed by atoms with E-state index in [2.05, 4.69) is 22.0 Å². The average Bonchev–Trinajstić information content (AvgIpc) is 2.67. The van der Waals surface area contributed by atoms with Crippen LogP contribution in [0.5, 0.6) is 0 Å². The van der Waals surface area contributed by atoms with E-state index in [4.69, 9.17) is 0 Å². The largest absolute Gasteiger partial charge is 0.270 e. The van der Waals surface area contributed by atoms with E-state index in [9.17, 15) is 15.4 Å². The molecule has 0 unspecified atom stereocenters. The lowest BCUT2D eigenvalue weighted by molar-refractivity contribution is -0.384. The summed E-state index contributed by atoms with van der Waals surface area (Å²) in [4.78, 5) is 10.3. The zero-order valence-corrected chi connectivity index (χ0v) is 12.9. The quantitative estimate of drug-likeness (QED) is 0.453. The zero-order chi connectivity index (χ0) is 14.6. The van der Waals surface area contributed by atoms with E-state index >= 15 is 0 Å². The van der Waals surface area contributed by atoms with E-state index in [0.717, 1.165) is 35.7 Å². The summed E-state index contributed by atoms with van der Waals surface area (Å²) in [7, 11) is 0. The van der Waals surface area contributed by atoms with Crippen molar-refractivity contribution in [2.75, 3.05) is 0 Å². The fourth-order valence-corrected chi connectivity index (χ4v) is 3.40. The summed E-state index contributed by atoms with van der Waals surface area (Å²) < 4.78 is 0.727. The lowest BCUT2D eigenvalue weighted by atomic mass is 9.77. The molecular formula is C15H17BrN2O2. The van der Waals surface area contributed by atoms with Crippen molar-refractivity contribution in [3.05, 3.63) is 38.3 Å². The van der Waals surface area contributed by atoms with Gasteiger partial charge >= 0.3 is 0 Å². The molecule has 0 spiro atoms. The minimum Gasteiger partial charge on any atom is -0.258 e. The van der Waals surface area contributed by atoms with Gasteiger partial charge in [-0.15, -0.1) is 0 Å². The number of hydrogen-bond acceptors (Lipinski definition) is 3. The highest BCUT2D eigenvalue weighted by molar-refractivity contribution is 9.10. The Balaban J connectivity index is 2.23. The van der Waals surface area contributed by atoms with Crippen LogP contribution < -0.4 is 0 Å². The van der Waals surface area contributed by atoms with E-state index in [1.807, 2.05) is 0 Å². The molecule has 0 heterocycles. The van der Waals surface area contributed by atoms with Crippen molar-refractivity contribution in [2.24, 2.45) is 5.41 Å². The first-order valence-corrected chi connectivity index (χ1v) is 7.70. The zero-order valence-electron chi connectivity index (χ0n) is 11.3. The first-order valence-electron chi connectivity index (χ1n) is 6.90. The third-order valence-electron chi connectivity index (χ3n) is 4.07. The third kappa shape index (κ3) is 3.37. The highest BCUT2D eigenvalue weighted by Gasteiger charge is 2.31. The molecule has 0 N–H and O–H groups in total.